The molecule has 2 rings (SSSR count). The highest BCUT2D eigenvalue weighted by atomic mass is 32.2. The van der Waals surface area contributed by atoms with E-state index in [2.05, 4.69) is 9.71 Å². The van der Waals surface area contributed by atoms with Gasteiger partial charge in [-0.2, -0.15) is 0 Å². The third-order valence-corrected chi connectivity index (χ3v) is 4.28. The zero-order valence-electron chi connectivity index (χ0n) is 12.4. The summed E-state index contributed by atoms with van der Waals surface area (Å²) in [5.41, 5.74) is 0.318. The van der Waals surface area contributed by atoms with Gasteiger partial charge in [-0.25, -0.2) is 13.4 Å². The maximum atomic E-state index is 12.4. The first-order valence-corrected chi connectivity index (χ1v) is 7.73. The standard InChI is InChI=1S/C14H16N2O5S/c1-19-11-5-6-13(12(8-11)20-2)22(17,18)16-10-4-7-14(21-3)15-9-10/h4-9,16H,1-3H3. The predicted molar refractivity (Wildman–Crippen MR) is 81.1 cm³/mol. The molecule has 0 atom stereocenters. The van der Waals surface area contributed by atoms with E-state index in [0.717, 1.165) is 0 Å². The van der Waals surface area contributed by atoms with Crippen LogP contribution in [0.5, 0.6) is 17.4 Å². The molecule has 1 heterocycles. The second kappa shape index (κ2) is 6.52. The van der Waals surface area contributed by atoms with E-state index in [1.165, 1.54) is 39.7 Å². The average Bonchev–Trinajstić information content (AvgIpc) is 2.54. The van der Waals surface area contributed by atoms with E-state index in [4.69, 9.17) is 14.2 Å². The molecule has 22 heavy (non-hydrogen) atoms. The molecule has 1 aromatic heterocycles. The van der Waals surface area contributed by atoms with Crippen molar-refractivity contribution in [2.45, 2.75) is 4.90 Å². The van der Waals surface area contributed by atoms with Gasteiger partial charge in [0.1, 0.15) is 16.4 Å². The third-order valence-electron chi connectivity index (χ3n) is 2.86. The minimum absolute atomic E-state index is 0.00613. The first-order chi connectivity index (χ1) is 10.5. The molecule has 0 bridgehead atoms. The molecule has 0 amide bonds. The number of benzene rings is 1. The SMILES string of the molecule is COc1ccc(S(=O)(=O)Nc2ccc(OC)nc2)c(OC)c1. The van der Waals surface area contributed by atoms with Crippen molar-refractivity contribution in [1.29, 1.82) is 0 Å². The number of anilines is 1. The summed E-state index contributed by atoms with van der Waals surface area (Å²) in [6, 6.07) is 7.57. The Labute approximate surface area is 128 Å². The second-order valence-corrected chi connectivity index (χ2v) is 5.86. The van der Waals surface area contributed by atoms with Crippen molar-refractivity contribution in [1.82, 2.24) is 4.98 Å². The van der Waals surface area contributed by atoms with Crippen LogP contribution in [0.4, 0.5) is 5.69 Å². The summed E-state index contributed by atoms with van der Waals surface area (Å²) in [6.45, 7) is 0. The van der Waals surface area contributed by atoms with Crippen molar-refractivity contribution < 1.29 is 22.6 Å². The lowest BCUT2D eigenvalue weighted by molar-refractivity contribution is 0.386. The van der Waals surface area contributed by atoms with Crippen LogP contribution in [0.2, 0.25) is 0 Å². The van der Waals surface area contributed by atoms with Gasteiger partial charge in [0, 0.05) is 12.1 Å². The monoisotopic (exact) mass is 324 g/mol. The molecule has 0 aliphatic rings. The van der Waals surface area contributed by atoms with Gasteiger partial charge in [0.2, 0.25) is 5.88 Å². The Morgan fingerprint density at radius 1 is 1.00 bits per heavy atom. The van der Waals surface area contributed by atoms with Crippen molar-refractivity contribution in [3.63, 3.8) is 0 Å². The molecule has 0 saturated heterocycles. The fraction of sp³-hybridized carbons (Fsp3) is 0.214. The number of hydrogen-bond donors (Lipinski definition) is 1. The Bertz CT molecular complexity index is 744. The molecule has 8 heteroatoms. The summed E-state index contributed by atoms with van der Waals surface area (Å²) in [4.78, 5) is 3.95. The number of ether oxygens (including phenoxy) is 3. The Balaban J connectivity index is 2.33. The maximum absolute atomic E-state index is 12.4. The van der Waals surface area contributed by atoms with Gasteiger partial charge in [0.25, 0.3) is 10.0 Å². The average molecular weight is 324 g/mol. The summed E-state index contributed by atoms with van der Waals surface area (Å²) < 4.78 is 42.4. The number of hydrogen-bond acceptors (Lipinski definition) is 6. The topological polar surface area (TPSA) is 86.8 Å². The van der Waals surface area contributed by atoms with E-state index in [1.807, 2.05) is 0 Å². The van der Waals surface area contributed by atoms with E-state index in [0.29, 0.717) is 17.3 Å². The highest BCUT2D eigenvalue weighted by Crippen LogP contribution is 2.29. The molecule has 0 spiro atoms. The Morgan fingerprint density at radius 2 is 1.77 bits per heavy atom. The third kappa shape index (κ3) is 3.40. The van der Waals surface area contributed by atoms with E-state index < -0.39 is 10.0 Å². The van der Waals surface area contributed by atoms with Gasteiger partial charge in [-0.15, -0.1) is 0 Å². The van der Waals surface area contributed by atoms with Gasteiger partial charge in [-0.1, -0.05) is 0 Å². The largest absolute Gasteiger partial charge is 0.497 e. The molecule has 0 unspecified atom stereocenters. The molecule has 0 radical (unpaired) electrons. The lowest BCUT2D eigenvalue weighted by atomic mass is 10.3. The van der Waals surface area contributed by atoms with Gasteiger partial charge in [0.05, 0.1) is 33.2 Å². The number of nitrogens with one attached hydrogen (secondary N) is 1. The lowest BCUT2D eigenvalue weighted by Crippen LogP contribution is -2.14. The molecule has 118 valence electrons. The van der Waals surface area contributed by atoms with Crippen LogP contribution in [0, 0.1) is 0 Å². The summed E-state index contributed by atoms with van der Waals surface area (Å²) >= 11 is 0. The highest BCUT2D eigenvalue weighted by molar-refractivity contribution is 7.92. The molecule has 0 aliphatic heterocycles. The Hall–Kier alpha value is -2.48. The van der Waals surface area contributed by atoms with Crippen LogP contribution in [0.3, 0.4) is 0 Å². The normalized spacial score (nSPS) is 10.9. The van der Waals surface area contributed by atoms with Crippen LogP contribution in [-0.4, -0.2) is 34.7 Å². The van der Waals surface area contributed by atoms with Crippen LogP contribution in [0.15, 0.2) is 41.4 Å². The van der Waals surface area contributed by atoms with Crippen molar-refractivity contribution in [2.75, 3.05) is 26.1 Å². The number of pyridine rings is 1. The molecule has 0 fully saturated rings. The van der Waals surface area contributed by atoms with E-state index >= 15 is 0 Å². The van der Waals surface area contributed by atoms with E-state index in [-0.39, 0.29) is 10.6 Å². The summed E-state index contributed by atoms with van der Waals surface area (Å²) in [5, 5.41) is 0. The van der Waals surface area contributed by atoms with Gasteiger partial charge in [-0.05, 0) is 18.2 Å². The molecule has 7 nitrogen and oxygen atoms in total. The fourth-order valence-corrected chi connectivity index (χ4v) is 2.96. The highest BCUT2D eigenvalue weighted by Gasteiger charge is 2.20. The van der Waals surface area contributed by atoms with Crippen LogP contribution < -0.4 is 18.9 Å². The van der Waals surface area contributed by atoms with Crippen LogP contribution in [0.25, 0.3) is 0 Å². The number of sulfonamides is 1. The fourth-order valence-electron chi connectivity index (χ4n) is 1.77. The molecular formula is C14H16N2O5S. The maximum Gasteiger partial charge on any atom is 0.265 e. The Morgan fingerprint density at radius 3 is 2.32 bits per heavy atom. The molecular weight excluding hydrogens is 308 g/mol. The molecule has 1 aromatic carbocycles. The van der Waals surface area contributed by atoms with Crippen molar-refractivity contribution in [2.24, 2.45) is 0 Å². The summed E-state index contributed by atoms with van der Waals surface area (Å²) in [7, 11) is 0.550. The molecule has 1 N–H and O–H groups in total. The summed E-state index contributed by atoms with van der Waals surface area (Å²) in [5.74, 6) is 1.08. The molecule has 0 aliphatic carbocycles. The van der Waals surface area contributed by atoms with Gasteiger partial charge < -0.3 is 14.2 Å². The minimum atomic E-state index is -3.81. The van der Waals surface area contributed by atoms with E-state index in [9.17, 15) is 8.42 Å². The van der Waals surface area contributed by atoms with Gasteiger partial charge in [0.15, 0.2) is 0 Å². The Kier molecular flexibility index (Phi) is 4.71. The smallest absolute Gasteiger partial charge is 0.265 e. The van der Waals surface area contributed by atoms with Crippen molar-refractivity contribution >= 4 is 15.7 Å². The first-order valence-electron chi connectivity index (χ1n) is 6.25. The van der Waals surface area contributed by atoms with Crippen LogP contribution >= 0.6 is 0 Å². The quantitative estimate of drug-likeness (QED) is 0.873. The lowest BCUT2D eigenvalue weighted by Gasteiger charge is -2.12. The molecule has 0 saturated carbocycles. The van der Waals surface area contributed by atoms with Crippen molar-refractivity contribution in [3.8, 4) is 17.4 Å². The number of aromatic nitrogens is 1. The van der Waals surface area contributed by atoms with Crippen molar-refractivity contribution in [3.05, 3.63) is 36.5 Å². The minimum Gasteiger partial charge on any atom is -0.497 e. The predicted octanol–water partition coefficient (Wildman–Crippen LogP) is 1.91. The number of rotatable bonds is 6. The van der Waals surface area contributed by atoms with Crippen LogP contribution in [0.1, 0.15) is 0 Å². The number of methoxy groups -OCH3 is 3. The van der Waals surface area contributed by atoms with Gasteiger partial charge in [-0.3, -0.25) is 4.72 Å². The molecule has 2 aromatic rings. The zero-order chi connectivity index (χ0) is 16.2. The van der Waals surface area contributed by atoms with E-state index in [1.54, 1.807) is 18.2 Å². The zero-order valence-corrected chi connectivity index (χ0v) is 13.2. The summed E-state index contributed by atoms with van der Waals surface area (Å²) in [6.07, 6.45) is 1.37. The first kappa shape index (κ1) is 15.9. The second-order valence-electron chi connectivity index (χ2n) is 4.21. The number of nitrogens with zero attached hydrogens (tertiary/aromatic N) is 1. The van der Waals surface area contributed by atoms with Crippen LogP contribution in [-0.2, 0) is 10.0 Å². The van der Waals surface area contributed by atoms with Gasteiger partial charge >= 0.3 is 0 Å².